The highest BCUT2D eigenvalue weighted by atomic mass is 16.5. The zero-order valence-corrected chi connectivity index (χ0v) is 9.17. The predicted octanol–water partition coefficient (Wildman–Crippen LogP) is 0.715. The molecule has 6 nitrogen and oxygen atoms in total. The SMILES string of the molecule is COc1nn(C2COC2)c2nc(C)ncc12. The number of fused-ring (bicyclic) bond motifs is 1. The first-order valence-corrected chi connectivity index (χ1v) is 5.13. The molecule has 84 valence electrons. The molecule has 0 amide bonds. The van der Waals surface area contributed by atoms with Crippen LogP contribution < -0.4 is 4.74 Å². The largest absolute Gasteiger partial charge is 0.479 e. The van der Waals surface area contributed by atoms with Gasteiger partial charge in [-0.05, 0) is 6.92 Å². The number of ether oxygens (including phenoxy) is 2. The van der Waals surface area contributed by atoms with Gasteiger partial charge in [-0.3, -0.25) is 0 Å². The molecular weight excluding hydrogens is 208 g/mol. The number of aromatic nitrogens is 4. The van der Waals surface area contributed by atoms with Crippen molar-refractivity contribution in [1.29, 1.82) is 0 Å². The quantitative estimate of drug-likeness (QED) is 0.746. The monoisotopic (exact) mass is 220 g/mol. The van der Waals surface area contributed by atoms with Crippen LogP contribution >= 0.6 is 0 Å². The average molecular weight is 220 g/mol. The smallest absolute Gasteiger partial charge is 0.243 e. The van der Waals surface area contributed by atoms with Crippen LogP contribution in [0.4, 0.5) is 0 Å². The van der Waals surface area contributed by atoms with E-state index in [1.807, 2.05) is 11.6 Å². The van der Waals surface area contributed by atoms with E-state index in [9.17, 15) is 0 Å². The van der Waals surface area contributed by atoms with Crippen molar-refractivity contribution in [3.8, 4) is 5.88 Å². The topological polar surface area (TPSA) is 62.1 Å². The molecule has 1 fully saturated rings. The summed E-state index contributed by atoms with van der Waals surface area (Å²) in [5, 5.41) is 5.23. The van der Waals surface area contributed by atoms with Gasteiger partial charge in [0.15, 0.2) is 5.65 Å². The van der Waals surface area contributed by atoms with Crippen molar-refractivity contribution in [3.63, 3.8) is 0 Å². The second-order valence-corrected chi connectivity index (χ2v) is 3.80. The number of rotatable bonds is 2. The average Bonchev–Trinajstić information content (AvgIpc) is 2.54. The first-order chi connectivity index (χ1) is 7.79. The molecule has 1 aliphatic rings. The number of hydrogen-bond acceptors (Lipinski definition) is 5. The normalized spacial score (nSPS) is 16.4. The van der Waals surface area contributed by atoms with E-state index in [1.165, 1.54) is 0 Å². The molecule has 0 aliphatic carbocycles. The molecule has 2 aromatic rings. The van der Waals surface area contributed by atoms with Crippen molar-refractivity contribution in [2.24, 2.45) is 0 Å². The third-order valence-electron chi connectivity index (χ3n) is 2.69. The van der Waals surface area contributed by atoms with Crippen LogP contribution in [0.15, 0.2) is 6.20 Å². The first-order valence-electron chi connectivity index (χ1n) is 5.13. The van der Waals surface area contributed by atoms with Crippen LogP contribution in [-0.2, 0) is 4.74 Å². The van der Waals surface area contributed by atoms with Crippen LogP contribution in [0, 0.1) is 6.92 Å². The zero-order chi connectivity index (χ0) is 11.1. The summed E-state index contributed by atoms with van der Waals surface area (Å²) in [6.07, 6.45) is 1.75. The Morgan fingerprint density at radius 1 is 1.50 bits per heavy atom. The minimum absolute atomic E-state index is 0.265. The molecular formula is C10H12N4O2. The van der Waals surface area contributed by atoms with Gasteiger partial charge in [-0.25, -0.2) is 14.6 Å². The summed E-state index contributed by atoms with van der Waals surface area (Å²) < 4.78 is 12.2. The molecule has 0 spiro atoms. The molecule has 1 aliphatic heterocycles. The molecule has 2 aromatic heterocycles. The Hall–Kier alpha value is -1.69. The first kappa shape index (κ1) is 9.53. The van der Waals surface area contributed by atoms with E-state index < -0.39 is 0 Å². The summed E-state index contributed by atoms with van der Waals surface area (Å²) in [4.78, 5) is 8.56. The lowest BCUT2D eigenvalue weighted by Gasteiger charge is -2.26. The highest BCUT2D eigenvalue weighted by Gasteiger charge is 2.25. The lowest BCUT2D eigenvalue weighted by Crippen LogP contribution is -2.31. The summed E-state index contributed by atoms with van der Waals surface area (Å²) in [6.45, 7) is 3.23. The Bertz CT molecular complexity index is 533. The van der Waals surface area contributed by atoms with Crippen LogP contribution in [0.3, 0.4) is 0 Å². The van der Waals surface area contributed by atoms with Gasteiger partial charge in [-0.2, -0.15) is 0 Å². The summed E-state index contributed by atoms with van der Waals surface area (Å²) in [7, 11) is 1.60. The maximum Gasteiger partial charge on any atom is 0.243 e. The maximum absolute atomic E-state index is 5.21. The number of methoxy groups -OCH3 is 1. The predicted molar refractivity (Wildman–Crippen MR) is 56.5 cm³/mol. The number of hydrogen-bond donors (Lipinski definition) is 0. The molecule has 6 heteroatoms. The molecule has 16 heavy (non-hydrogen) atoms. The minimum atomic E-state index is 0.265. The second-order valence-electron chi connectivity index (χ2n) is 3.80. The maximum atomic E-state index is 5.21. The van der Waals surface area contributed by atoms with Gasteiger partial charge in [0.25, 0.3) is 0 Å². The van der Waals surface area contributed by atoms with Crippen LogP contribution in [0.2, 0.25) is 0 Å². The summed E-state index contributed by atoms with van der Waals surface area (Å²) in [6, 6.07) is 0.265. The van der Waals surface area contributed by atoms with Crippen molar-refractivity contribution in [2.75, 3.05) is 20.3 Å². The fraction of sp³-hybridized carbons (Fsp3) is 0.500. The Balaban J connectivity index is 2.22. The van der Waals surface area contributed by atoms with Crippen LogP contribution in [0.5, 0.6) is 5.88 Å². The molecule has 0 bridgehead atoms. The van der Waals surface area contributed by atoms with E-state index in [0.717, 1.165) is 16.9 Å². The van der Waals surface area contributed by atoms with Gasteiger partial charge < -0.3 is 9.47 Å². The van der Waals surface area contributed by atoms with E-state index in [4.69, 9.17) is 9.47 Å². The third-order valence-corrected chi connectivity index (χ3v) is 2.69. The zero-order valence-electron chi connectivity index (χ0n) is 9.17. The van der Waals surface area contributed by atoms with Gasteiger partial charge in [0.05, 0.1) is 20.3 Å². The fourth-order valence-corrected chi connectivity index (χ4v) is 1.75. The van der Waals surface area contributed by atoms with E-state index in [0.29, 0.717) is 19.1 Å². The Morgan fingerprint density at radius 2 is 2.31 bits per heavy atom. The highest BCUT2D eigenvalue weighted by Crippen LogP contribution is 2.27. The Morgan fingerprint density at radius 3 is 2.94 bits per heavy atom. The van der Waals surface area contributed by atoms with Crippen LogP contribution in [0.25, 0.3) is 11.0 Å². The van der Waals surface area contributed by atoms with Crippen LogP contribution in [0.1, 0.15) is 11.9 Å². The van der Waals surface area contributed by atoms with Gasteiger partial charge in [0.2, 0.25) is 5.88 Å². The van der Waals surface area contributed by atoms with Crippen molar-refractivity contribution in [2.45, 2.75) is 13.0 Å². The molecule has 0 unspecified atom stereocenters. The molecule has 0 atom stereocenters. The standard InChI is InChI=1S/C10H12N4O2/c1-6-11-3-8-9(12-6)14(7-4-16-5-7)13-10(8)15-2/h3,7H,4-5H2,1-2H3. The van der Waals surface area contributed by atoms with Crippen LogP contribution in [-0.4, -0.2) is 40.1 Å². The van der Waals surface area contributed by atoms with Gasteiger partial charge >= 0.3 is 0 Å². The molecule has 0 radical (unpaired) electrons. The Labute approximate surface area is 92.2 Å². The lowest BCUT2D eigenvalue weighted by atomic mass is 10.2. The molecule has 1 saturated heterocycles. The van der Waals surface area contributed by atoms with Gasteiger partial charge in [-0.15, -0.1) is 5.10 Å². The van der Waals surface area contributed by atoms with E-state index >= 15 is 0 Å². The number of aryl methyl sites for hydroxylation is 1. The Kier molecular flexibility index (Phi) is 2.03. The molecule has 0 aromatic carbocycles. The summed E-state index contributed by atoms with van der Waals surface area (Å²) in [5.41, 5.74) is 0.817. The fourth-order valence-electron chi connectivity index (χ4n) is 1.75. The minimum Gasteiger partial charge on any atom is -0.479 e. The summed E-state index contributed by atoms with van der Waals surface area (Å²) in [5.74, 6) is 1.30. The van der Waals surface area contributed by atoms with Gasteiger partial charge in [-0.1, -0.05) is 0 Å². The molecule has 0 saturated carbocycles. The molecule has 0 N–H and O–H groups in total. The van der Waals surface area contributed by atoms with E-state index in [-0.39, 0.29) is 6.04 Å². The van der Waals surface area contributed by atoms with Gasteiger partial charge in [0, 0.05) is 6.20 Å². The van der Waals surface area contributed by atoms with Crippen molar-refractivity contribution >= 4 is 11.0 Å². The second kappa shape index (κ2) is 3.41. The third kappa shape index (κ3) is 1.26. The van der Waals surface area contributed by atoms with Crippen molar-refractivity contribution < 1.29 is 9.47 Å². The number of nitrogens with zero attached hydrogens (tertiary/aromatic N) is 4. The molecule has 3 heterocycles. The summed E-state index contributed by atoms with van der Waals surface area (Å²) >= 11 is 0. The lowest BCUT2D eigenvalue weighted by molar-refractivity contribution is -0.0272. The highest BCUT2D eigenvalue weighted by molar-refractivity contribution is 5.80. The van der Waals surface area contributed by atoms with Crippen molar-refractivity contribution in [1.82, 2.24) is 19.7 Å². The molecule has 3 rings (SSSR count). The van der Waals surface area contributed by atoms with Gasteiger partial charge in [0.1, 0.15) is 17.3 Å². The van der Waals surface area contributed by atoms with Crippen molar-refractivity contribution in [3.05, 3.63) is 12.0 Å². The van der Waals surface area contributed by atoms with E-state index in [1.54, 1.807) is 13.3 Å². The van der Waals surface area contributed by atoms with E-state index in [2.05, 4.69) is 15.1 Å².